The van der Waals surface area contributed by atoms with Gasteiger partial charge in [0.25, 0.3) is 0 Å². The van der Waals surface area contributed by atoms with Crippen molar-refractivity contribution in [3.63, 3.8) is 0 Å². The first-order valence-electron chi connectivity index (χ1n) is 6.43. The number of nitrogens with zero attached hydrogens (tertiary/aromatic N) is 1. The van der Waals surface area contributed by atoms with E-state index in [2.05, 4.69) is 0 Å². The molecule has 1 aromatic rings. The third-order valence-electron chi connectivity index (χ3n) is 2.85. The average molecular weight is 265 g/mol. The highest BCUT2D eigenvalue weighted by molar-refractivity contribution is 5.69. The zero-order valence-corrected chi connectivity index (χ0v) is 11.1. The smallest absolute Gasteiger partial charge is 0.306 e. The molecule has 1 atom stereocenters. The van der Waals surface area contributed by atoms with Crippen molar-refractivity contribution in [2.24, 2.45) is 5.92 Å². The van der Waals surface area contributed by atoms with Crippen LogP contribution in [-0.2, 0) is 16.0 Å². The largest absolute Gasteiger partial charge is 0.466 e. The summed E-state index contributed by atoms with van der Waals surface area (Å²) in [5.41, 5.74) is 1.12. The summed E-state index contributed by atoms with van der Waals surface area (Å²) in [6.45, 7) is 1.85. The van der Waals surface area contributed by atoms with E-state index in [1.165, 1.54) is 0 Å². The van der Waals surface area contributed by atoms with E-state index in [-0.39, 0.29) is 29.8 Å². The molecule has 5 nitrogen and oxygen atoms in total. The van der Waals surface area contributed by atoms with Crippen molar-refractivity contribution in [1.29, 1.82) is 0 Å². The molecular formula is C14H19NO4. The van der Waals surface area contributed by atoms with Crippen LogP contribution in [0, 0.1) is 16.0 Å². The molecular weight excluding hydrogens is 246 g/mol. The number of rotatable bonds is 8. The third-order valence-corrected chi connectivity index (χ3v) is 2.85. The van der Waals surface area contributed by atoms with Gasteiger partial charge in [-0.1, -0.05) is 30.3 Å². The molecule has 0 aliphatic heterocycles. The van der Waals surface area contributed by atoms with E-state index < -0.39 is 0 Å². The molecule has 0 N–H and O–H groups in total. The van der Waals surface area contributed by atoms with E-state index in [0.717, 1.165) is 12.0 Å². The number of hydrogen-bond donors (Lipinski definition) is 0. The van der Waals surface area contributed by atoms with Gasteiger partial charge >= 0.3 is 5.97 Å². The Hall–Kier alpha value is -1.91. The Kier molecular flexibility index (Phi) is 6.57. The van der Waals surface area contributed by atoms with Gasteiger partial charge in [-0.05, 0) is 25.3 Å². The molecule has 1 rings (SSSR count). The van der Waals surface area contributed by atoms with Gasteiger partial charge in [0, 0.05) is 10.8 Å². The molecule has 0 bridgehead atoms. The Balaban J connectivity index is 2.49. The van der Waals surface area contributed by atoms with Crippen LogP contribution in [0.25, 0.3) is 0 Å². The van der Waals surface area contributed by atoms with Gasteiger partial charge in [0.1, 0.15) is 0 Å². The number of hydrogen-bond acceptors (Lipinski definition) is 4. The van der Waals surface area contributed by atoms with E-state index in [0.29, 0.717) is 13.0 Å². The predicted octanol–water partition coefficient (Wildman–Crippen LogP) is 2.47. The number of nitro groups is 1. The van der Waals surface area contributed by atoms with Crippen molar-refractivity contribution in [3.05, 3.63) is 46.0 Å². The maximum absolute atomic E-state index is 11.4. The summed E-state index contributed by atoms with van der Waals surface area (Å²) in [5, 5.41) is 10.6. The molecule has 0 heterocycles. The first kappa shape index (κ1) is 15.1. The Bertz CT molecular complexity index is 405. The van der Waals surface area contributed by atoms with Gasteiger partial charge < -0.3 is 4.74 Å². The van der Waals surface area contributed by atoms with Crippen LogP contribution in [0.15, 0.2) is 30.3 Å². The fourth-order valence-corrected chi connectivity index (χ4v) is 1.94. The lowest BCUT2D eigenvalue weighted by Crippen LogP contribution is -2.20. The summed E-state index contributed by atoms with van der Waals surface area (Å²) in [6.07, 6.45) is 1.46. The highest BCUT2D eigenvalue weighted by Gasteiger charge is 2.20. The molecule has 0 saturated carbocycles. The molecule has 0 saturated heterocycles. The topological polar surface area (TPSA) is 69.4 Å². The van der Waals surface area contributed by atoms with Crippen LogP contribution in [-0.4, -0.2) is 24.0 Å². The van der Waals surface area contributed by atoms with Crippen LogP contribution >= 0.6 is 0 Å². The van der Waals surface area contributed by atoms with Crippen LogP contribution in [0.1, 0.15) is 25.3 Å². The molecule has 0 spiro atoms. The molecule has 0 aromatic heterocycles. The second kappa shape index (κ2) is 8.24. The maximum Gasteiger partial charge on any atom is 0.306 e. The minimum atomic E-state index is -0.366. The molecule has 0 amide bonds. The lowest BCUT2D eigenvalue weighted by atomic mass is 9.96. The molecule has 0 radical (unpaired) electrons. The van der Waals surface area contributed by atoms with Crippen molar-refractivity contribution < 1.29 is 14.5 Å². The van der Waals surface area contributed by atoms with Crippen molar-refractivity contribution in [2.75, 3.05) is 13.2 Å². The fraction of sp³-hybridized carbons (Fsp3) is 0.500. The van der Waals surface area contributed by atoms with Crippen LogP contribution in [0.3, 0.4) is 0 Å². The number of benzene rings is 1. The van der Waals surface area contributed by atoms with Crippen LogP contribution < -0.4 is 0 Å². The zero-order chi connectivity index (χ0) is 14.1. The number of carbonyl (C=O) groups is 1. The number of ether oxygens (including phenoxy) is 1. The Morgan fingerprint density at radius 1 is 1.37 bits per heavy atom. The molecule has 19 heavy (non-hydrogen) atoms. The second-order valence-corrected chi connectivity index (χ2v) is 4.41. The zero-order valence-electron chi connectivity index (χ0n) is 11.1. The van der Waals surface area contributed by atoms with Crippen LogP contribution in [0.5, 0.6) is 0 Å². The van der Waals surface area contributed by atoms with E-state index in [9.17, 15) is 14.9 Å². The first-order chi connectivity index (χ1) is 9.11. The van der Waals surface area contributed by atoms with Crippen molar-refractivity contribution >= 4 is 5.97 Å². The Morgan fingerprint density at radius 2 is 2.05 bits per heavy atom. The average Bonchev–Trinajstić information content (AvgIpc) is 2.37. The lowest BCUT2D eigenvalue weighted by molar-refractivity contribution is -0.488. The van der Waals surface area contributed by atoms with Crippen LogP contribution in [0.2, 0.25) is 0 Å². The van der Waals surface area contributed by atoms with Crippen molar-refractivity contribution in [1.82, 2.24) is 0 Å². The van der Waals surface area contributed by atoms with Gasteiger partial charge in [-0.3, -0.25) is 14.9 Å². The highest BCUT2D eigenvalue weighted by Crippen LogP contribution is 2.14. The minimum absolute atomic E-state index is 0.113. The van der Waals surface area contributed by atoms with Gasteiger partial charge in [-0.15, -0.1) is 0 Å². The summed E-state index contributed by atoms with van der Waals surface area (Å²) in [6, 6.07) is 9.75. The summed E-state index contributed by atoms with van der Waals surface area (Å²) in [7, 11) is 0. The van der Waals surface area contributed by atoms with Crippen molar-refractivity contribution in [3.8, 4) is 0 Å². The summed E-state index contributed by atoms with van der Waals surface area (Å²) >= 11 is 0. The number of carbonyl (C=O) groups excluding carboxylic acids is 1. The van der Waals surface area contributed by atoms with Gasteiger partial charge in [0.05, 0.1) is 13.0 Å². The fourth-order valence-electron chi connectivity index (χ4n) is 1.94. The third kappa shape index (κ3) is 6.55. The van der Waals surface area contributed by atoms with E-state index in [1.54, 1.807) is 6.92 Å². The highest BCUT2D eigenvalue weighted by atomic mass is 16.6. The normalized spacial score (nSPS) is 11.8. The molecule has 0 aliphatic carbocycles. The number of aryl methyl sites for hydroxylation is 1. The SMILES string of the molecule is CCOC(=O)CC(CCc1ccccc1)C[N+](=O)[O-]. The van der Waals surface area contributed by atoms with E-state index >= 15 is 0 Å². The molecule has 0 aliphatic rings. The standard InChI is InChI=1S/C14H19NO4/c1-2-19-14(16)10-13(11-15(17)18)9-8-12-6-4-3-5-7-12/h3-7,13H,2,8-11H2,1H3. The maximum atomic E-state index is 11.4. The Labute approximate surface area is 112 Å². The van der Waals surface area contributed by atoms with Gasteiger partial charge in [-0.25, -0.2) is 0 Å². The minimum Gasteiger partial charge on any atom is -0.466 e. The number of esters is 1. The monoisotopic (exact) mass is 265 g/mol. The van der Waals surface area contributed by atoms with Crippen molar-refractivity contribution in [2.45, 2.75) is 26.2 Å². The van der Waals surface area contributed by atoms with Gasteiger partial charge in [0.2, 0.25) is 6.54 Å². The van der Waals surface area contributed by atoms with Gasteiger partial charge in [0.15, 0.2) is 0 Å². The Morgan fingerprint density at radius 3 is 2.63 bits per heavy atom. The van der Waals surface area contributed by atoms with E-state index in [1.807, 2.05) is 30.3 Å². The molecule has 0 fully saturated rings. The molecule has 104 valence electrons. The quantitative estimate of drug-likeness (QED) is 0.411. The summed E-state index contributed by atoms with van der Waals surface area (Å²) in [4.78, 5) is 21.6. The van der Waals surface area contributed by atoms with E-state index in [4.69, 9.17) is 4.74 Å². The lowest BCUT2D eigenvalue weighted by Gasteiger charge is -2.12. The first-order valence-corrected chi connectivity index (χ1v) is 6.43. The summed E-state index contributed by atoms with van der Waals surface area (Å²) in [5.74, 6) is -0.628. The summed E-state index contributed by atoms with van der Waals surface area (Å²) < 4.78 is 4.84. The molecule has 1 aromatic carbocycles. The molecule has 5 heteroatoms. The van der Waals surface area contributed by atoms with Crippen LogP contribution in [0.4, 0.5) is 0 Å². The van der Waals surface area contributed by atoms with Gasteiger partial charge in [-0.2, -0.15) is 0 Å². The molecule has 1 unspecified atom stereocenters. The second-order valence-electron chi connectivity index (χ2n) is 4.41. The predicted molar refractivity (Wildman–Crippen MR) is 71.4 cm³/mol.